The second-order valence-corrected chi connectivity index (χ2v) is 16.3. The first-order valence-electron chi connectivity index (χ1n) is 23.7. The van der Waals surface area contributed by atoms with Crippen LogP contribution in [0.3, 0.4) is 0 Å². The van der Waals surface area contributed by atoms with Crippen molar-refractivity contribution in [2.45, 2.75) is 270 Å². The first-order chi connectivity index (χ1) is 26.1. The van der Waals surface area contributed by atoms with Gasteiger partial charge in [0, 0.05) is 0 Å². The highest BCUT2D eigenvalue weighted by molar-refractivity contribution is 5.80. The van der Waals surface area contributed by atoms with Crippen molar-refractivity contribution in [2.24, 2.45) is 0 Å². The van der Waals surface area contributed by atoms with E-state index < -0.39 is 24.2 Å². The Morgan fingerprint density at radius 3 is 1.15 bits per heavy atom. The lowest BCUT2D eigenvalue weighted by atomic mass is 10.0. The summed E-state index contributed by atoms with van der Waals surface area (Å²) >= 11 is 0. The van der Waals surface area contributed by atoms with Crippen LogP contribution < -0.4 is 5.32 Å². The Morgan fingerprint density at radius 2 is 0.774 bits per heavy atom. The smallest absolute Gasteiger partial charge is 0.249 e. The van der Waals surface area contributed by atoms with Crippen molar-refractivity contribution in [3.05, 3.63) is 24.3 Å². The summed E-state index contributed by atoms with van der Waals surface area (Å²) in [5.74, 6) is -0.510. The molecule has 0 aromatic heterocycles. The van der Waals surface area contributed by atoms with Gasteiger partial charge in [0.15, 0.2) is 0 Å². The molecule has 1 amide bonds. The van der Waals surface area contributed by atoms with Gasteiger partial charge in [-0.25, -0.2) is 0 Å². The molecule has 0 aliphatic heterocycles. The molecule has 5 heteroatoms. The summed E-state index contributed by atoms with van der Waals surface area (Å²) in [6, 6.07) is -0.810. The summed E-state index contributed by atoms with van der Waals surface area (Å²) in [6.45, 7) is 4.17. The minimum Gasteiger partial charge on any atom is -0.394 e. The van der Waals surface area contributed by atoms with E-state index in [2.05, 4.69) is 31.3 Å². The predicted octanol–water partition coefficient (Wildman–Crippen LogP) is 13.8. The third-order valence-electron chi connectivity index (χ3n) is 11.0. The van der Waals surface area contributed by atoms with Crippen LogP contribution in [0.15, 0.2) is 24.3 Å². The van der Waals surface area contributed by atoms with Gasteiger partial charge in [-0.2, -0.15) is 0 Å². The number of rotatable bonds is 43. The van der Waals surface area contributed by atoms with E-state index in [1.165, 1.54) is 193 Å². The molecule has 0 bridgehead atoms. The topological polar surface area (TPSA) is 89.8 Å². The molecule has 0 saturated heterocycles. The fourth-order valence-electron chi connectivity index (χ4n) is 7.32. The largest absolute Gasteiger partial charge is 0.394 e. The number of aliphatic hydroxyl groups is 3. The van der Waals surface area contributed by atoms with E-state index in [1.807, 2.05) is 6.08 Å². The Labute approximate surface area is 331 Å². The highest BCUT2D eigenvalue weighted by Gasteiger charge is 2.22. The van der Waals surface area contributed by atoms with Crippen molar-refractivity contribution in [3.8, 4) is 0 Å². The maximum Gasteiger partial charge on any atom is 0.249 e. The molecule has 0 heterocycles. The van der Waals surface area contributed by atoms with Gasteiger partial charge in [-0.15, -0.1) is 0 Å². The van der Waals surface area contributed by atoms with Crippen LogP contribution in [0.2, 0.25) is 0 Å². The quantitative estimate of drug-likeness (QED) is 0.0369. The average Bonchev–Trinajstić information content (AvgIpc) is 3.16. The van der Waals surface area contributed by atoms with Gasteiger partial charge in [0.25, 0.3) is 0 Å². The number of carbonyl (C=O) groups is 1. The summed E-state index contributed by atoms with van der Waals surface area (Å²) in [4.78, 5) is 12.5. The van der Waals surface area contributed by atoms with Crippen LogP contribution in [0.1, 0.15) is 251 Å². The number of hydrogen-bond donors (Lipinski definition) is 4. The molecular formula is C48H93NO4. The molecule has 0 aromatic carbocycles. The zero-order valence-electron chi connectivity index (χ0n) is 35.7. The molecule has 0 fully saturated rings. The Balaban J connectivity index is 3.57. The van der Waals surface area contributed by atoms with Crippen LogP contribution in [0.25, 0.3) is 0 Å². The van der Waals surface area contributed by atoms with E-state index in [0.717, 1.165) is 38.5 Å². The van der Waals surface area contributed by atoms with Gasteiger partial charge in [0.05, 0.1) is 18.8 Å². The molecule has 4 N–H and O–H groups in total. The molecule has 0 saturated carbocycles. The van der Waals surface area contributed by atoms with E-state index in [4.69, 9.17) is 0 Å². The minimum atomic E-state index is -1.10. The summed E-state index contributed by atoms with van der Waals surface area (Å²) < 4.78 is 0. The lowest BCUT2D eigenvalue weighted by molar-refractivity contribution is -0.131. The number of nitrogens with one attached hydrogen (secondary N) is 1. The average molecular weight is 748 g/mol. The number of aliphatic hydroxyl groups excluding tert-OH is 3. The number of amides is 1. The monoisotopic (exact) mass is 748 g/mol. The fraction of sp³-hybridized carbons (Fsp3) is 0.896. The molecule has 0 aromatic rings. The molecule has 3 atom stereocenters. The molecule has 0 rings (SSSR count). The number of carbonyl (C=O) groups excluding carboxylic acids is 1. The van der Waals surface area contributed by atoms with Crippen LogP contribution in [0.5, 0.6) is 0 Å². The summed E-state index contributed by atoms with van der Waals surface area (Å²) in [5, 5.41) is 33.1. The molecule has 0 spiro atoms. The lowest BCUT2D eigenvalue weighted by Gasteiger charge is -2.21. The third-order valence-corrected chi connectivity index (χ3v) is 11.0. The fourth-order valence-corrected chi connectivity index (χ4v) is 7.32. The number of hydrogen-bond acceptors (Lipinski definition) is 4. The van der Waals surface area contributed by atoms with Gasteiger partial charge in [-0.3, -0.25) is 4.79 Å². The SMILES string of the molecule is CCCCCCCCC/C=C/CC/C=C/C(O)C(CO)NC(=O)C(O)CCCCCCCCCCCCCCCCCCCCCCCCCCCC. The van der Waals surface area contributed by atoms with Crippen molar-refractivity contribution in [1.29, 1.82) is 0 Å². The van der Waals surface area contributed by atoms with Crippen molar-refractivity contribution in [3.63, 3.8) is 0 Å². The van der Waals surface area contributed by atoms with Gasteiger partial charge in [-0.05, 0) is 32.1 Å². The van der Waals surface area contributed by atoms with Crippen molar-refractivity contribution >= 4 is 5.91 Å². The van der Waals surface area contributed by atoms with Crippen LogP contribution in [0.4, 0.5) is 0 Å². The Hall–Kier alpha value is -1.17. The van der Waals surface area contributed by atoms with E-state index in [9.17, 15) is 20.1 Å². The van der Waals surface area contributed by atoms with Crippen LogP contribution in [-0.4, -0.2) is 46.1 Å². The lowest BCUT2D eigenvalue weighted by Crippen LogP contribution is -2.48. The van der Waals surface area contributed by atoms with E-state index in [1.54, 1.807) is 6.08 Å². The maximum absolute atomic E-state index is 12.5. The first kappa shape index (κ1) is 51.8. The second-order valence-electron chi connectivity index (χ2n) is 16.3. The third kappa shape index (κ3) is 38.9. The highest BCUT2D eigenvalue weighted by atomic mass is 16.3. The van der Waals surface area contributed by atoms with Crippen molar-refractivity contribution in [2.75, 3.05) is 6.61 Å². The van der Waals surface area contributed by atoms with Crippen molar-refractivity contribution in [1.82, 2.24) is 5.32 Å². The normalized spacial score (nSPS) is 13.7. The predicted molar refractivity (Wildman–Crippen MR) is 231 cm³/mol. The van der Waals surface area contributed by atoms with Gasteiger partial charge in [-0.1, -0.05) is 244 Å². The molecule has 0 aliphatic rings. The minimum absolute atomic E-state index is 0.373. The molecule has 3 unspecified atom stereocenters. The van der Waals surface area contributed by atoms with E-state index in [0.29, 0.717) is 6.42 Å². The van der Waals surface area contributed by atoms with Gasteiger partial charge < -0.3 is 20.6 Å². The standard InChI is InChI=1S/C48H93NO4/c1-3-5-7-9-11-13-15-17-18-19-20-21-22-23-24-25-26-27-28-29-31-33-35-37-39-41-43-47(52)48(53)49-45(44-50)46(51)42-40-38-36-34-32-30-16-14-12-10-8-6-4-2/h32,34,40,42,45-47,50-52H,3-31,33,35-39,41,43-44H2,1-2H3,(H,49,53)/b34-32+,42-40+. The molecular weight excluding hydrogens is 655 g/mol. The summed E-state index contributed by atoms with van der Waals surface area (Å²) in [5.41, 5.74) is 0. The maximum atomic E-state index is 12.5. The zero-order valence-corrected chi connectivity index (χ0v) is 35.7. The van der Waals surface area contributed by atoms with Gasteiger partial charge in [0.2, 0.25) is 5.91 Å². The molecule has 0 radical (unpaired) electrons. The van der Waals surface area contributed by atoms with E-state index >= 15 is 0 Å². The molecule has 53 heavy (non-hydrogen) atoms. The van der Waals surface area contributed by atoms with Crippen LogP contribution in [-0.2, 0) is 4.79 Å². The Kier molecular flexibility index (Phi) is 42.6. The van der Waals surface area contributed by atoms with Crippen LogP contribution >= 0.6 is 0 Å². The number of allylic oxidation sites excluding steroid dienone is 3. The van der Waals surface area contributed by atoms with Gasteiger partial charge >= 0.3 is 0 Å². The van der Waals surface area contributed by atoms with Crippen molar-refractivity contribution < 1.29 is 20.1 Å². The Morgan fingerprint density at radius 1 is 0.453 bits per heavy atom. The highest BCUT2D eigenvalue weighted by Crippen LogP contribution is 2.17. The summed E-state index contributed by atoms with van der Waals surface area (Å²) in [7, 11) is 0. The van der Waals surface area contributed by atoms with Gasteiger partial charge in [0.1, 0.15) is 6.10 Å². The first-order valence-corrected chi connectivity index (χ1v) is 23.7. The molecule has 314 valence electrons. The zero-order chi connectivity index (χ0) is 38.7. The van der Waals surface area contributed by atoms with Crippen LogP contribution in [0, 0.1) is 0 Å². The molecule has 5 nitrogen and oxygen atoms in total. The van der Waals surface area contributed by atoms with E-state index in [-0.39, 0.29) is 6.61 Å². The second kappa shape index (κ2) is 43.6. The number of unbranched alkanes of at least 4 members (excludes halogenated alkanes) is 33. The summed E-state index contributed by atoms with van der Waals surface area (Å²) in [6.07, 6.45) is 53.8. The Bertz CT molecular complexity index is 784. The molecule has 0 aliphatic carbocycles.